The quantitative estimate of drug-likeness (QED) is 0.678. The largest absolute Gasteiger partial charge is 0.487 e. The Hall–Kier alpha value is -2.89. The first kappa shape index (κ1) is 21.8. The Morgan fingerprint density at radius 2 is 2.03 bits per heavy atom. The summed E-state index contributed by atoms with van der Waals surface area (Å²) in [4.78, 5) is 25.3. The van der Waals surface area contributed by atoms with E-state index < -0.39 is 11.8 Å². The predicted octanol–water partition coefficient (Wildman–Crippen LogP) is 4.75. The van der Waals surface area contributed by atoms with Crippen LogP contribution in [0.3, 0.4) is 0 Å². The van der Waals surface area contributed by atoms with E-state index in [0.717, 1.165) is 24.1 Å². The summed E-state index contributed by atoms with van der Waals surface area (Å²) in [6.45, 7) is 4.89. The van der Waals surface area contributed by atoms with E-state index in [1.54, 1.807) is 12.1 Å². The molecule has 1 aliphatic heterocycles. The van der Waals surface area contributed by atoms with Crippen molar-refractivity contribution in [3.05, 3.63) is 58.9 Å². The number of fused-ring (bicyclic) bond motifs is 1. The third kappa shape index (κ3) is 5.38. The first-order chi connectivity index (χ1) is 14.3. The van der Waals surface area contributed by atoms with Crippen molar-refractivity contribution in [3.8, 4) is 5.75 Å². The number of carbonyl (C=O) groups excluding carboxylic acids is 1. The number of para-hydroxylation sites is 1. The number of carboxylic acids is 1. The molecule has 6 heteroatoms. The van der Waals surface area contributed by atoms with Gasteiger partial charge in [0, 0.05) is 19.4 Å². The summed E-state index contributed by atoms with van der Waals surface area (Å²) >= 11 is 0. The average Bonchev–Trinajstić information content (AvgIpc) is 2.70. The Balaban J connectivity index is 1.76. The van der Waals surface area contributed by atoms with Crippen LogP contribution in [0.15, 0.2) is 36.4 Å². The zero-order valence-corrected chi connectivity index (χ0v) is 17.5. The Bertz CT molecular complexity index is 925. The molecule has 160 valence electrons. The van der Waals surface area contributed by atoms with Gasteiger partial charge in [-0.1, -0.05) is 38.1 Å². The number of aliphatic carboxylic acids is 1. The van der Waals surface area contributed by atoms with Gasteiger partial charge in [0.1, 0.15) is 18.2 Å². The van der Waals surface area contributed by atoms with E-state index in [9.17, 15) is 14.0 Å². The number of carbonyl (C=O) groups is 2. The second-order valence-electron chi connectivity index (χ2n) is 8.12. The van der Waals surface area contributed by atoms with Gasteiger partial charge in [-0.3, -0.25) is 9.59 Å². The minimum Gasteiger partial charge on any atom is -0.487 e. The minimum absolute atomic E-state index is 0.0934. The maximum absolute atomic E-state index is 14.3. The highest BCUT2D eigenvalue weighted by molar-refractivity contribution is 5.96. The van der Waals surface area contributed by atoms with Gasteiger partial charge in [-0.2, -0.15) is 0 Å². The SMILES string of the molecule is CC(C)CC(=O)N1CCCc2cccc(OCc3ccc(CCC(=O)O)c(F)c3)c21. The second kappa shape index (κ2) is 9.74. The summed E-state index contributed by atoms with van der Waals surface area (Å²) < 4.78 is 20.3. The molecule has 2 aromatic rings. The fraction of sp³-hybridized carbons (Fsp3) is 0.417. The fourth-order valence-corrected chi connectivity index (χ4v) is 3.73. The first-order valence-corrected chi connectivity index (χ1v) is 10.4. The smallest absolute Gasteiger partial charge is 0.303 e. The topological polar surface area (TPSA) is 66.8 Å². The zero-order valence-electron chi connectivity index (χ0n) is 17.5. The van der Waals surface area contributed by atoms with Gasteiger partial charge in [-0.15, -0.1) is 0 Å². The summed E-state index contributed by atoms with van der Waals surface area (Å²) in [5.41, 5.74) is 2.95. The van der Waals surface area contributed by atoms with E-state index in [1.807, 2.05) is 36.9 Å². The molecule has 0 aliphatic carbocycles. The number of ether oxygens (including phenoxy) is 1. The summed E-state index contributed by atoms with van der Waals surface area (Å²) in [6.07, 6.45) is 2.34. The molecule has 0 aromatic heterocycles. The van der Waals surface area contributed by atoms with Crippen LogP contribution < -0.4 is 9.64 Å². The zero-order chi connectivity index (χ0) is 21.7. The Kier molecular flexibility index (Phi) is 7.08. The Labute approximate surface area is 176 Å². The molecule has 30 heavy (non-hydrogen) atoms. The monoisotopic (exact) mass is 413 g/mol. The van der Waals surface area contributed by atoms with Crippen LogP contribution in [0.25, 0.3) is 0 Å². The maximum Gasteiger partial charge on any atom is 0.303 e. The molecular formula is C24H28FNO4. The van der Waals surface area contributed by atoms with Crippen molar-refractivity contribution in [3.63, 3.8) is 0 Å². The van der Waals surface area contributed by atoms with Gasteiger partial charge in [-0.25, -0.2) is 4.39 Å². The molecule has 1 aliphatic rings. The molecule has 1 N–H and O–H groups in total. The molecule has 3 rings (SSSR count). The highest BCUT2D eigenvalue weighted by atomic mass is 19.1. The van der Waals surface area contributed by atoms with Crippen LogP contribution >= 0.6 is 0 Å². The lowest BCUT2D eigenvalue weighted by atomic mass is 9.99. The molecule has 0 saturated heterocycles. The van der Waals surface area contributed by atoms with Gasteiger partial charge in [0.05, 0.1) is 5.69 Å². The van der Waals surface area contributed by atoms with Gasteiger partial charge in [0.2, 0.25) is 5.91 Å². The second-order valence-corrected chi connectivity index (χ2v) is 8.12. The lowest BCUT2D eigenvalue weighted by Crippen LogP contribution is -2.36. The Morgan fingerprint density at radius 1 is 1.23 bits per heavy atom. The standard InChI is InChI=1S/C24H28FNO4/c1-16(2)13-22(27)26-12-4-6-19-5-3-7-21(24(19)26)30-15-17-8-9-18(20(25)14-17)10-11-23(28)29/h3,5,7-9,14,16H,4,6,10-13,15H2,1-2H3,(H,28,29). The number of carboxylic acid groups (broad SMARTS) is 1. The van der Waals surface area contributed by atoms with Crippen LogP contribution in [0.5, 0.6) is 5.75 Å². The number of rotatable bonds is 8. The van der Waals surface area contributed by atoms with Crippen molar-refractivity contribution >= 4 is 17.6 Å². The third-order valence-corrected chi connectivity index (χ3v) is 5.18. The number of nitrogens with zero attached hydrogens (tertiary/aromatic N) is 1. The molecule has 0 atom stereocenters. The van der Waals surface area contributed by atoms with E-state index in [-0.39, 0.29) is 31.3 Å². The number of hydrogen-bond acceptors (Lipinski definition) is 3. The lowest BCUT2D eigenvalue weighted by Gasteiger charge is -2.31. The molecular weight excluding hydrogens is 385 g/mol. The Morgan fingerprint density at radius 3 is 2.73 bits per heavy atom. The van der Waals surface area contributed by atoms with Crippen LogP contribution in [-0.2, 0) is 29.0 Å². The summed E-state index contributed by atoms with van der Waals surface area (Å²) in [5.74, 6) is -0.387. The van der Waals surface area contributed by atoms with E-state index in [2.05, 4.69) is 0 Å². The van der Waals surface area contributed by atoms with E-state index in [0.29, 0.717) is 29.8 Å². The van der Waals surface area contributed by atoms with Gasteiger partial charge >= 0.3 is 5.97 Å². The number of halogens is 1. The fourth-order valence-electron chi connectivity index (χ4n) is 3.73. The molecule has 0 unspecified atom stereocenters. The van der Waals surface area contributed by atoms with Crippen molar-refractivity contribution < 1.29 is 23.8 Å². The van der Waals surface area contributed by atoms with Gasteiger partial charge in [0.15, 0.2) is 0 Å². The highest BCUT2D eigenvalue weighted by Gasteiger charge is 2.26. The van der Waals surface area contributed by atoms with Crippen LogP contribution in [0.2, 0.25) is 0 Å². The molecule has 0 radical (unpaired) electrons. The maximum atomic E-state index is 14.3. The number of anilines is 1. The number of aryl methyl sites for hydroxylation is 2. The van der Waals surface area contributed by atoms with E-state index in [4.69, 9.17) is 9.84 Å². The summed E-state index contributed by atoms with van der Waals surface area (Å²) in [5, 5.41) is 8.77. The molecule has 5 nitrogen and oxygen atoms in total. The van der Waals surface area contributed by atoms with Crippen molar-refractivity contribution in [1.29, 1.82) is 0 Å². The van der Waals surface area contributed by atoms with Crippen LogP contribution in [-0.4, -0.2) is 23.5 Å². The van der Waals surface area contributed by atoms with Crippen LogP contribution in [0.1, 0.15) is 49.8 Å². The molecule has 0 fully saturated rings. The molecule has 0 saturated carbocycles. The number of hydrogen-bond donors (Lipinski definition) is 1. The lowest BCUT2D eigenvalue weighted by molar-refractivity contribution is -0.137. The van der Waals surface area contributed by atoms with Crippen molar-refractivity contribution in [2.24, 2.45) is 5.92 Å². The van der Waals surface area contributed by atoms with Gasteiger partial charge in [0.25, 0.3) is 0 Å². The average molecular weight is 413 g/mol. The molecule has 0 spiro atoms. The summed E-state index contributed by atoms with van der Waals surface area (Å²) in [7, 11) is 0. The van der Waals surface area contributed by atoms with Crippen LogP contribution in [0, 0.1) is 11.7 Å². The van der Waals surface area contributed by atoms with Gasteiger partial charge in [-0.05, 0) is 54.0 Å². The normalized spacial score (nSPS) is 13.3. The van der Waals surface area contributed by atoms with Crippen LogP contribution in [0.4, 0.5) is 10.1 Å². The molecule has 2 aromatic carbocycles. The molecule has 0 bridgehead atoms. The minimum atomic E-state index is -0.952. The summed E-state index contributed by atoms with van der Waals surface area (Å²) in [6, 6.07) is 10.5. The van der Waals surface area contributed by atoms with Crippen molar-refractivity contribution in [2.45, 2.75) is 52.6 Å². The third-order valence-electron chi connectivity index (χ3n) is 5.18. The first-order valence-electron chi connectivity index (χ1n) is 10.4. The molecule has 1 heterocycles. The highest BCUT2D eigenvalue weighted by Crippen LogP contribution is 2.37. The van der Waals surface area contributed by atoms with E-state index in [1.165, 1.54) is 6.07 Å². The van der Waals surface area contributed by atoms with Gasteiger partial charge < -0.3 is 14.7 Å². The molecule has 1 amide bonds. The van der Waals surface area contributed by atoms with Crippen molar-refractivity contribution in [1.82, 2.24) is 0 Å². The number of amides is 1. The van der Waals surface area contributed by atoms with Crippen molar-refractivity contribution in [2.75, 3.05) is 11.4 Å². The van der Waals surface area contributed by atoms with E-state index >= 15 is 0 Å². The predicted molar refractivity (Wildman–Crippen MR) is 113 cm³/mol. The number of benzene rings is 2.